The third kappa shape index (κ3) is 4.30. The summed E-state index contributed by atoms with van der Waals surface area (Å²) in [7, 11) is 0. The first-order valence-electron chi connectivity index (χ1n) is 4.61. The highest BCUT2D eigenvalue weighted by Crippen LogP contribution is 2.09. The van der Waals surface area contributed by atoms with Crippen molar-refractivity contribution in [3.05, 3.63) is 28.5 Å². The van der Waals surface area contributed by atoms with E-state index in [2.05, 4.69) is 42.2 Å². The fourth-order valence-electron chi connectivity index (χ4n) is 1.08. The van der Waals surface area contributed by atoms with Gasteiger partial charge in [-0.3, -0.25) is 9.78 Å². The van der Waals surface area contributed by atoms with Crippen LogP contribution in [0, 0.1) is 0 Å². The molecule has 0 aromatic carbocycles. The summed E-state index contributed by atoms with van der Waals surface area (Å²) in [5.41, 5.74) is 0.575. The minimum atomic E-state index is -0.0859. The second-order valence-corrected chi connectivity index (χ2v) is 4.95. The Labute approximate surface area is 106 Å². The maximum atomic E-state index is 11.7. The van der Waals surface area contributed by atoms with Crippen LogP contribution in [0.25, 0.3) is 0 Å². The maximum Gasteiger partial charge on any atom is 0.253 e. The minimum Gasteiger partial charge on any atom is -0.350 e. The van der Waals surface area contributed by atoms with E-state index in [0.717, 1.165) is 16.2 Å². The number of aromatic nitrogens is 1. The van der Waals surface area contributed by atoms with E-state index >= 15 is 0 Å². The number of pyridine rings is 1. The molecule has 1 heterocycles. The molecule has 0 radical (unpaired) electrons. The molecule has 0 aliphatic heterocycles. The molecule has 0 saturated heterocycles. The second kappa shape index (κ2) is 6.23. The molecule has 0 fully saturated rings. The van der Waals surface area contributed by atoms with Crippen molar-refractivity contribution in [1.82, 2.24) is 10.3 Å². The summed E-state index contributed by atoms with van der Waals surface area (Å²) in [5, 5.41) is 3.77. The van der Waals surface area contributed by atoms with Crippen molar-refractivity contribution in [3.63, 3.8) is 0 Å². The average Bonchev–Trinajstić information content (AvgIpc) is 2.18. The highest BCUT2D eigenvalue weighted by atomic mass is 79.9. The first-order valence-corrected chi connectivity index (χ1v) is 6.52. The van der Waals surface area contributed by atoms with E-state index in [9.17, 15) is 4.79 Å². The predicted octanol–water partition coefficient (Wildman–Crippen LogP) is 2.75. The standard InChI is InChI=1S/C10H12Br2N2O/c1-7(2-3-11)14-10(15)8-4-9(12)6-13-5-8/h4-7H,2-3H2,1H3,(H,14,15). The molecule has 1 aromatic rings. The molecule has 1 unspecified atom stereocenters. The number of nitrogens with zero attached hydrogens (tertiary/aromatic N) is 1. The Morgan fingerprint density at radius 1 is 1.60 bits per heavy atom. The molecule has 1 amide bonds. The smallest absolute Gasteiger partial charge is 0.253 e. The van der Waals surface area contributed by atoms with E-state index in [-0.39, 0.29) is 11.9 Å². The van der Waals surface area contributed by atoms with Gasteiger partial charge in [0.15, 0.2) is 0 Å². The van der Waals surface area contributed by atoms with Gasteiger partial charge in [-0.2, -0.15) is 0 Å². The Balaban J connectivity index is 2.61. The summed E-state index contributed by atoms with van der Waals surface area (Å²) in [6.07, 6.45) is 4.12. The van der Waals surface area contributed by atoms with Crippen LogP contribution >= 0.6 is 31.9 Å². The SMILES string of the molecule is CC(CCBr)NC(=O)c1cncc(Br)c1. The lowest BCUT2D eigenvalue weighted by Crippen LogP contribution is -2.32. The van der Waals surface area contributed by atoms with Crippen molar-refractivity contribution < 1.29 is 4.79 Å². The fourth-order valence-corrected chi connectivity index (χ4v) is 2.13. The minimum absolute atomic E-state index is 0.0859. The number of hydrogen-bond donors (Lipinski definition) is 1. The molecule has 5 heteroatoms. The summed E-state index contributed by atoms with van der Waals surface area (Å²) in [4.78, 5) is 15.6. The lowest BCUT2D eigenvalue weighted by molar-refractivity contribution is 0.0939. The molecular weight excluding hydrogens is 324 g/mol. The molecule has 82 valence electrons. The lowest BCUT2D eigenvalue weighted by Gasteiger charge is -2.12. The topological polar surface area (TPSA) is 42.0 Å². The number of carbonyl (C=O) groups excluding carboxylic acids is 1. The van der Waals surface area contributed by atoms with Crippen molar-refractivity contribution in [2.75, 3.05) is 5.33 Å². The first kappa shape index (κ1) is 12.6. The first-order chi connectivity index (χ1) is 7.13. The Kier molecular flexibility index (Phi) is 5.25. The van der Waals surface area contributed by atoms with Crippen LogP contribution in [-0.4, -0.2) is 22.3 Å². The van der Waals surface area contributed by atoms with E-state index in [1.165, 1.54) is 0 Å². The van der Waals surface area contributed by atoms with Gasteiger partial charge in [0, 0.05) is 28.2 Å². The van der Waals surface area contributed by atoms with Crippen LogP contribution in [0.5, 0.6) is 0 Å². The quantitative estimate of drug-likeness (QED) is 0.860. The molecule has 1 rings (SSSR count). The predicted molar refractivity (Wildman–Crippen MR) is 67.3 cm³/mol. The molecule has 1 atom stereocenters. The lowest BCUT2D eigenvalue weighted by atomic mass is 10.2. The van der Waals surface area contributed by atoms with Crippen LogP contribution in [0.2, 0.25) is 0 Å². The number of nitrogens with one attached hydrogen (secondary N) is 1. The van der Waals surface area contributed by atoms with Crippen LogP contribution < -0.4 is 5.32 Å². The zero-order chi connectivity index (χ0) is 11.3. The van der Waals surface area contributed by atoms with E-state index in [1.807, 2.05) is 6.92 Å². The molecule has 1 N–H and O–H groups in total. The van der Waals surface area contributed by atoms with Gasteiger partial charge in [-0.15, -0.1) is 0 Å². The molecule has 0 aliphatic carbocycles. The van der Waals surface area contributed by atoms with Crippen LogP contribution in [0.3, 0.4) is 0 Å². The zero-order valence-corrected chi connectivity index (χ0v) is 11.5. The van der Waals surface area contributed by atoms with Crippen LogP contribution in [0.1, 0.15) is 23.7 Å². The molecule has 15 heavy (non-hydrogen) atoms. The van der Waals surface area contributed by atoms with Gasteiger partial charge in [0.2, 0.25) is 0 Å². The molecule has 0 spiro atoms. The summed E-state index contributed by atoms with van der Waals surface area (Å²) < 4.78 is 0.809. The summed E-state index contributed by atoms with van der Waals surface area (Å²) in [6.45, 7) is 1.98. The van der Waals surface area contributed by atoms with Crippen molar-refractivity contribution in [3.8, 4) is 0 Å². The van der Waals surface area contributed by atoms with Crippen LogP contribution in [-0.2, 0) is 0 Å². The maximum absolute atomic E-state index is 11.7. The van der Waals surface area contributed by atoms with Gasteiger partial charge in [0.05, 0.1) is 5.56 Å². The van der Waals surface area contributed by atoms with Crippen LogP contribution in [0.4, 0.5) is 0 Å². The Hall–Kier alpha value is -0.420. The van der Waals surface area contributed by atoms with Gasteiger partial charge >= 0.3 is 0 Å². The third-order valence-electron chi connectivity index (χ3n) is 1.89. The number of rotatable bonds is 4. The molecular formula is C10H12Br2N2O. The molecule has 0 saturated carbocycles. The summed E-state index contributed by atoms with van der Waals surface area (Å²) in [6, 6.07) is 1.92. The molecule has 0 aliphatic rings. The molecule has 1 aromatic heterocycles. The second-order valence-electron chi connectivity index (χ2n) is 3.24. The summed E-state index contributed by atoms with van der Waals surface area (Å²) >= 11 is 6.61. The molecule has 3 nitrogen and oxygen atoms in total. The average molecular weight is 336 g/mol. The van der Waals surface area contributed by atoms with Gasteiger partial charge in [0.1, 0.15) is 0 Å². The van der Waals surface area contributed by atoms with Crippen molar-refractivity contribution in [1.29, 1.82) is 0 Å². The highest BCUT2D eigenvalue weighted by Gasteiger charge is 2.09. The Morgan fingerprint density at radius 2 is 2.33 bits per heavy atom. The van der Waals surface area contributed by atoms with E-state index in [4.69, 9.17) is 0 Å². The van der Waals surface area contributed by atoms with Gasteiger partial charge in [-0.05, 0) is 35.3 Å². The van der Waals surface area contributed by atoms with E-state index in [1.54, 1.807) is 18.5 Å². The highest BCUT2D eigenvalue weighted by molar-refractivity contribution is 9.10. The largest absolute Gasteiger partial charge is 0.350 e. The van der Waals surface area contributed by atoms with Gasteiger partial charge < -0.3 is 5.32 Å². The van der Waals surface area contributed by atoms with E-state index in [0.29, 0.717) is 5.56 Å². The number of halogens is 2. The van der Waals surface area contributed by atoms with Crippen molar-refractivity contribution >= 4 is 37.8 Å². The number of hydrogen-bond acceptors (Lipinski definition) is 2. The Bertz CT molecular complexity index is 344. The number of carbonyl (C=O) groups is 1. The van der Waals surface area contributed by atoms with E-state index < -0.39 is 0 Å². The zero-order valence-electron chi connectivity index (χ0n) is 8.34. The number of alkyl halides is 1. The van der Waals surface area contributed by atoms with Crippen LogP contribution in [0.15, 0.2) is 22.9 Å². The van der Waals surface area contributed by atoms with Gasteiger partial charge in [0.25, 0.3) is 5.91 Å². The normalized spacial score (nSPS) is 12.2. The third-order valence-corrected chi connectivity index (χ3v) is 2.78. The van der Waals surface area contributed by atoms with Crippen molar-refractivity contribution in [2.24, 2.45) is 0 Å². The summed E-state index contributed by atoms with van der Waals surface area (Å²) in [5.74, 6) is -0.0859. The Morgan fingerprint density at radius 3 is 2.93 bits per heavy atom. The molecule has 0 bridgehead atoms. The monoisotopic (exact) mass is 334 g/mol. The van der Waals surface area contributed by atoms with Gasteiger partial charge in [-0.25, -0.2) is 0 Å². The fraction of sp³-hybridized carbons (Fsp3) is 0.400. The number of amides is 1. The van der Waals surface area contributed by atoms with Gasteiger partial charge in [-0.1, -0.05) is 15.9 Å². The van der Waals surface area contributed by atoms with Crippen molar-refractivity contribution in [2.45, 2.75) is 19.4 Å².